The van der Waals surface area contributed by atoms with E-state index in [-0.39, 0.29) is 0 Å². The van der Waals surface area contributed by atoms with Crippen LogP contribution in [-0.2, 0) is 0 Å². The predicted molar refractivity (Wildman–Crippen MR) is 45.1 cm³/mol. The largest absolute Gasteiger partial charge is 0.302 e. The molecule has 1 nitrogen and oxygen atoms in total. The molecule has 1 rings (SSSR count). The van der Waals surface area contributed by atoms with Gasteiger partial charge in [0, 0.05) is 19.6 Å². The highest BCUT2D eigenvalue weighted by atomic mass is 15.2. The van der Waals surface area contributed by atoms with Crippen LogP contribution in [0.15, 0.2) is 0 Å². The zero-order chi connectivity index (χ0) is 7.78. The number of nitrogens with zero attached hydrogens (tertiary/aromatic N) is 1. The van der Waals surface area contributed by atoms with Crippen LogP contribution in [0.3, 0.4) is 0 Å². The van der Waals surface area contributed by atoms with Crippen molar-refractivity contribution in [3.05, 3.63) is 0 Å². The maximum Gasteiger partial charge on any atom is 0.00303 e. The van der Waals surface area contributed by atoms with E-state index in [0.29, 0.717) is 5.41 Å². The molecule has 0 aliphatic carbocycles. The van der Waals surface area contributed by atoms with E-state index in [1.54, 1.807) is 0 Å². The van der Waals surface area contributed by atoms with Crippen LogP contribution in [-0.4, -0.2) is 24.5 Å². The molecular weight excluding hydrogens is 122 g/mol. The lowest BCUT2D eigenvalue weighted by Crippen LogP contribution is -2.48. The van der Waals surface area contributed by atoms with Crippen LogP contribution < -0.4 is 0 Å². The Labute approximate surface area is 64.4 Å². The summed E-state index contributed by atoms with van der Waals surface area (Å²) < 4.78 is 0. The molecule has 0 radical (unpaired) electrons. The van der Waals surface area contributed by atoms with Gasteiger partial charge in [0.05, 0.1) is 0 Å². The summed E-state index contributed by atoms with van der Waals surface area (Å²) in [6, 6.07) is 0. The van der Waals surface area contributed by atoms with Gasteiger partial charge >= 0.3 is 0 Å². The Morgan fingerprint density at radius 2 is 1.80 bits per heavy atom. The van der Waals surface area contributed by atoms with Crippen LogP contribution in [0.4, 0.5) is 0 Å². The van der Waals surface area contributed by atoms with Gasteiger partial charge in [0.25, 0.3) is 0 Å². The monoisotopic (exact) mass is 141 g/mol. The van der Waals surface area contributed by atoms with Crippen molar-refractivity contribution in [1.82, 2.24) is 4.90 Å². The minimum absolute atomic E-state index is 0.486. The van der Waals surface area contributed by atoms with Gasteiger partial charge in [-0.15, -0.1) is 0 Å². The van der Waals surface area contributed by atoms with Crippen LogP contribution in [0.1, 0.15) is 27.7 Å². The highest BCUT2D eigenvalue weighted by Crippen LogP contribution is 2.21. The summed E-state index contributed by atoms with van der Waals surface area (Å²) in [7, 11) is 0. The van der Waals surface area contributed by atoms with Crippen molar-refractivity contribution in [3.63, 3.8) is 0 Å². The molecule has 0 amide bonds. The van der Waals surface area contributed by atoms with Gasteiger partial charge < -0.3 is 4.90 Å². The zero-order valence-corrected chi connectivity index (χ0v) is 7.65. The van der Waals surface area contributed by atoms with Crippen LogP contribution >= 0.6 is 0 Å². The van der Waals surface area contributed by atoms with Crippen molar-refractivity contribution in [1.29, 1.82) is 0 Å². The Morgan fingerprint density at radius 3 is 2.10 bits per heavy atom. The van der Waals surface area contributed by atoms with Crippen molar-refractivity contribution in [2.24, 2.45) is 11.3 Å². The van der Waals surface area contributed by atoms with E-state index in [0.717, 1.165) is 5.92 Å². The lowest BCUT2D eigenvalue weighted by Gasteiger charge is -2.41. The highest BCUT2D eigenvalue weighted by Gasteiger charge is 2.25. The Balaban J connectivity index is 2.16. The van der Waals surface area contributed by atoms with Crippen LogP contribution in [0.2, 0.25) is 0 Å². The van der Waals surface area contributed by atoms with Gasteiger partial charge in [-0.05, 0) is 11.3 Å². The molecule has 1 saturated heterocycles. The smallest absolute Gasteiger partial charge is 0.00303 e. The predicted octanol–water partition coefficient (Wildman–Crippen LogP) is 1.98. The average molecular weight is 141 g/mol. The molecule has 10 heavy (non-hydrogen) atoms. The molecule has 1 aliphatic rings. The van der Waals surface area contributed by atoms with Crippen molar-refractivity contribution in [2.45, 2.75) is 27.7 Å². The lowest BCUT2D eigenvalue weighted by atomic mass is 9.92. The van der Waals surface area contributed by atoms with Crippen LogP contribution in [0.5, 0.6) is 0 Å². The summed E-state index contributed by atoms with van der Waals surface area (Å²) in [4.78, 5) is 2.53. The summed E-state index contributed by atoms with van der Waals surface area (Å²) in [5.74, 6) is 0.947. The fourth-order valence-corrected chi connectivity index (χ4v) is 1.63. The molecule has 0 saturated carbocycles. The molecule has 1 aliphatic heterocycles. The molecule has 0 unspecified atom stereocenters. The molecule has 1 heterocycles. The van der Waals surface area contributed by atoms with E-state index in [9.17, 15) is 0 Å². The molecule has 0 aromatic carbocycles. The first kappa shape index (κ1) is 8.06. The normalized spacial score (nSPS) is 22.8. The maximum atomic E-state index is 2.53. The summed E-state index contributed by atoms with van der Waals surface area (Å²) in [5.41, 5.74) is 0.486. The number of likely N-dealkylation sites (tertiary alicyclic amines) is 1. The maximum absolute atomic E-state index is 2.53. The minimum Gasteiger partial charge on any atom is -0.302 e. The molecular formula is C9H19N. The summed E-state index contributed by atoms with van der Waals surface area (Å²) in [6.45, 7) is 13.1. The first-order chi connectivity index (χ1) is 4.47. The van der Waals surface area contributed by atoms with Crippen molar-refractivity contribution < 1.29 is 0 Å². The third-order valence-corrected chi connectivity index (χ3v) is 1.84. The number of hydrogen-bond donors (Lipinski definition) is 0. The van der Waals surface area contributed by atoms with E-state index in [1.165, 1.54) is 19.6 Å². The molecule has 0 spiro atoms. The fourth-order valence-electron chi connectivity index (χ4n) is 1.63. The second kappa shape index (κ2) is 2.54. The molecule has 1 heteroatoms. The van der Waals surface area contributed by atoms with E-state index in [1.807, 2.05) is 0 Å². The number of rotatable bonds is 1. The Morgan fingerprint density at radius 1 is 1.30 bits per heavy atom. The average Bonchev–Trinajstić information content (AvgIpc) is 1.57. The molecule has 0 N–H and O–H groups in total. The second-order valence-corrected chi connectivity index (χ2v) is 4.86. The van der Waals surface area contributed by atoms with Gasteiger partial charge in [-0.3, -0.25) is 0 Å². The Hall–Kier alpha value is -0.0400. The van der Waals surface area contributed by atoms with Crippen molar-refractivity contribution in [3.8, 4) is 0 Å². The molecule has 0 aromatic heterocycles. The molecule has 0 atom stereocenters. The van der Waals surface area contributed by atoms with Gasteiger partial charge in [0.1, 0.15) is 0 Å². The van der Waals surface area contributed by atoms with Gasteiger partial charge in [0.2, 0.25) is 0 Å². The summed E-state index contributed by atoms with van der Waals surface area (Å²) in [6.07, 6.45) is 0. The molecule has 0 aromatic rings. The van der Waals surface area contributed by atoms with Gasteiger partial charge in [-0.2, -0.15) is 0 Å². The third-order valence-electron chi connectivity index (χ3n) is 1.84. The first-order valence-corrected chi connectivity index (χ1v) is 4.20. The van der Waals surface area contributed by atoms with Gasteiger partial charge in [-0.1, -0.05) is 27.7 Å². The van der Waals surface area contributed by atoms with Crippen LogP contribution in [0.25, 0.3) is 0 Å². The highest BCUT2D eigenvalue weighted by molar-refractivity contribution is 4.79. The van der Waals surface area contributed by atoms with Crippen molar-refractivity contribution >= 4 is 0 Å². The second-order valence-electron chi connectivity index (χ2n) is 4.86. The zero-order valence-electron chi connectivity index (χ0n) is 7.65. The standard InChI is InChI=1S/C9H19N/c1-8-5-10(6-8)7-9(2,3)4/h8H,5-7H2,1-4H3. The lowest BCUT2D eigenvalue weighted by molar-refractivity contribution is 0.0738. The number of hydrogen-bond acceptors (Lipinski definition) is 1. The van der Waals surface area contributed by atoms with Crippen LogP contribution in [0, 0.1) is 11.3 Å². The fraction of sp³-hybridized carbons (Fsp3) is 1.00. The van der Waals surface area contributed by atoms with Crippen molar-refractivity contribution in [2.75, 3.05) is 19.6 Å². The molecule has 0 bridgehead atoms. The Bertz CT molecular complexity index is 106. The van der Waals surface area contributed by atoms with Gasteiger partial charge in [-0.25, -0.2) is 0 Å². The summed E-state index contributed by atoms with van der Waals surface area (Å²) in [5, 5.41) is 0. The SMILES string of the molecule is CC1CN(CC(C)(C)C)C1. The molecule has 1 fully saturated rings. The van der Waals surface area contributed by atoms with E-state index >= 15 is 0 Å². The Kier molecular flexibility index (Phi) is 2.04. The van der Waals surface area contributed by atoms with E-state index in [2.05, 4.69) is 32.6 Å². The van der Waals surface area contributed by atoms with Gasteiger partial charge in [0.15, 0.2) is 0 Å². The third kappa shape index (κ3) is 2.30. The minimum atomic E-state index is 0.486. The van der Waals surface area contributed by atoms with E-state index < -0.39 is 0 Å². The molecule has 60 valence electrons. The first-order valence-electron chi connectivity index (χ1n) is 4.20. The quantitative estimate of drug-likeness (QED) is 0.540. The van der Waals surface area contributed by atoms with E-state index in [4.69, 9.17) is 0 Å². The topological polar surface area (TPSA) is 3.24 Å². The summed E-state index contributed by atoms with van der Waals surface area (Å²) >= 11 is 0.